The van der Waals surface area contributed by atoms with Gasteiger partial charge in [-0.2, -0.15) is 0 Å². The number of hydrogen-bond donors (Lipinski definition) is 0. The molecule has 0 aromatic carbocycles. The molecular formula is C15H18N4O. The van der Waals surface area contributed by atoms with Crippen molar-refractivity contribution in [3.8, 4) is 0 Å². The number of pyridine rings is 1. The van der Waals surface area contributed by atoms with Crippen molar-refractivity contribution in [3.63, 3.8) is 0 Å². The Balaban J connectivity index is 1.80. The maximum Gasteiger partial charge on any atom is 0.247 e. The molecule has 2 aromatic rings. The molecule has 0 saturated heterocycles. The molecule has 0 atom stereocenters. The highest BCUT2D eigenvalue weighted by molar-refractivity contribution is 5.95. The molecule has 0 aliphatic carbocycles. The van der Waals surface area contributed by atoms with Crippen molar-refractivity contribution in [2.75, 3.05) is 11.4 Å². The second-order valence-corrected chi connectivity index (χ2v) is 5.33. The summed E-state index contributed by atoms with van der Waals surface area (Å²) in [6, 6.07) is 3.84. The van der Waals surface area contributed by atoms with Crippen LogP contribution in [0.4, 0.5) is 5.69 Å². The van der Waals surface area contributed by atoms with Crippen LogP contribution < -0.4 is 4.90 Å². The SMILES string of the molecule is CC(C)c1nccn1CC(=O)N1CCc2ncccc21. The molecule has 0 radical (unpaired) electrons. The van der Waals surface area contributed by atoms with Gasteiger partial charge in [-0.1, -0.05) is 13.8 Å². The summed E-state index contributed by atoms with van der Waals surface area (Å²) >= 11 is 0. The highest BCUT2D eigenvalue weighted by Crippen LogP contribution is 2.26. The summed E-state index contributed by atoms with van der Waals surface area (Å²) in [5, 5.41) is 0. The van der Waals surface area contributed by atoms with E-state index in [1.54, 1.807) is 12.4 Å². The van der Waals surface area contributed by atoms with E-state index in [9.17, 15) is 4.79 Å². The molecule has 0 unspecified atom stereocenters. The van der Waals surface area contributed by atoms with Gasteiger partial charge in [0, 0.05) is 37.5 Å². The van der Waals surface area contributed by atoms with Gasteiger partial charge in [0.15, 0.2) is 0 Å². The van der Waals surface area contributed by atoms with Gasteiger partial charge in [0.2, 0.25) is 5.91 Å². The number of amides is 1. The van der Waals surface area contributed by atoms with Crippen LogP contribution in [0.25, 0.3) is 0 Å². The molecule has 1 aliphatic heterocycles. The summed E-state index contributed by atoms with van der Waals surface area (Å²) in [6.45, 7) is 5.22. The van der Waals surface area contributed by atoms with Gasteiger partial charge >= 0.3 is 0 Å². The Kier molecular flexibility index (Phi) is 3.26. The third-order valence-electron chi connectivity index (χ3n) is 3.60. The van der Waals surface area contributed by atoms with Crippen molar-refractivity contribution in [2.24, 2.45) is 0 Å². The lowest BCUT2D eigenvalue weighted by atomic mass is 10.2. The first-order valence-corrected chi connectivity index (χ1v) is 6.92. The van der Waals surface area contributed by atoms with E-state index in [4.69, 9.17) is 0 Å². The molecule has 1 aliphatic rings. The number of imidazole rings is 1. The maximum absolute atomic E-state index is 12.5. The predicted octanol–water partition coefficient (Wildman–Crippen LogP) is 1.99. The first-order valence-electron chi connectivity index (χ1n) is 6.92. The van der Waals surface area contributed by atoms with Crippen LogP contribution in [0.5, 0.6) is 0 Å². The van der Waals surface area contributed by atoms with E-state index in [0.29, 0.717) is 12.5 Å². The van der Waals surface area contributed by atoms with Crippen LogP contribution in [0, 0.1) is 0 Å². The van der Waals surface area contributed by atoms with E-state index in [1.807, 2.05) is 27.8 Å². The standard InChI is InChI=1S/C15H18N4O/c1-11(2)15-17-7-9-18(15)10-14(20)19-8-5-12-13(19)4-3-6-16-12/h3-4,6-7,9,11H,5,8,10H2,1-2H3. The lowest BCUT2D eigenvalue weighted by Crippen LogP contribution is -2.32. The van der Waals surface area contributed by atoms with Crippen LogP contribution >= 0.6 is 0 Å². The number of fused-ring (bicyclic) bond motifs is 1. The van der Waals surface area contributed by atoms with E-state index in [1.165, 1.54) is 0 Å². The first-order chi connectivity index (χ1) is 9.66. The number of rotatable bonds is 3. The lowest BCUT2D eigenvalue weighted by molar-refractivity contribution is -0.119. The van der Waals surface area contributed by atoms with Gasteiger partial charge in [0.05, 0.1) is 11.4 Å². The van der Waals surface area contributed by atoms with Gasteiger partial charge < -0.3 is 9.47 Å². The average molecular weight is 270 g/mol. The molecule has 2 aromatic heterocycles. The summed E-state index contributed by atoms with van der Waals surface area (Å²) in [5.74, 6) is 1.35. The Morgan fingerprint density at radius 3 is 3.00 bits per heavy atom. The largest absolute Gasteiger partial charge is 0.325 e. The third-order valence-corrected chi connectivity index (χ3v) is 3.60. The van der Waals surface area contributed by atoms with Crippen LogP contribution in [0.1, 0.15) is 31.3 Å². The molecule has 5 heteroatoms. The molecule has 1 amide bonds. The molecule has 0 saturated carbocycles. The molecule has 3 heterocycles. The zero-order valence-electron chi connectivity index (χ0n) is 11.8. The predicted molar refractivity (Wildman–Crippen MR) is 76.6 cm³/mol. The Morgan fingerprint density at radius 1 is 1.35 bits per heavy atom. The smallest absolute Gasteiger partial charge is 0.247 e. The van der Waals surface area contributed by atoms with Crippen LogP contribution in [0.3, 0.4) is 0 Å². The minimum Gasteiger partial charge on any atom is -0.325 e. The Hall–Kier alpha value is -2.17. The summed E-state index contributed by atoms with van der Waals surface area (Å²) < 4.78 is 1.93. The van der Waals surface area contributed by atoms with E-state index < -0.39 is 0 Å². The van der Waals surface area contributed by atoms with Crippen molar-refractivity contribution < 1.29 is 4.79 Å². The topological polar surface area (TPSA) is 51.0 Å². The molecule has 0 fully saturated rings. The fourth-order valence-electron chi connectivity index (χ4n) is 2.65. The van der Waals surface area contributed by atoms with Gasteiger partial charge in [-0.05, 0) is 12.1 Å². The molecule has 5 nitrogen and oxygen atoms in total. The van der Waals surface area contributed by atoms with Crippen LogP contribution in [-0.4, -0.2) is 27.0 Å². The number of nitrogens with zero attached hydrogens (tertiary/aromatic N) is 4. The molecule has 0 spiro atoms. The summed E-state index contributed by atoms with van der Waals surface area (Å²) in [4.78, 5) is 23.0. The maximum atomic E-state index is 12.5. The minimum atomic E-state index is 0.0941. The Labute approximate surface area is 118 Å². The van der Waals surface area contributed by atoms with E-state index in [2.05, 4.69) is 23.8 Å². The quantitative estimate of drug-likeness (QED) is 0.857. The summed E-state index contributed by atoms with van der Waals surface area (Å²) in [6.07, 6.45) is 6.23. The normalized spacial score (nSPS) is 13.8. The number of carbonyl (C=O) groups is 1. The number of hydrogen-bond acceptors (Lipinski definition) is 3. The molecular weight excluding hydrogens is 252 g/mol. The highest BCUT2D eigenvalue weighted by Gasteiger charge is 2.25. The highest BCUT2D eigenvalue weighted by atomic mass is 16.2. The molecule has 3 rings (SSSR count). The minimum absolute atomic E-state index is 0.0941. The Bertz CT molecular complexity index is 632. The molecule has 104 valence electrons. The van der Waals surface area contributed by atoms with Crippen LogP contribution in [0.15, 0.2) is 30.7 Å². The fraction of sp³-hybridized carbons (Fsp3) is 0.400. The fourth-order valence-corrected chi connectivity index (χ4v) is 2.65. The van der Waals surface area contributed by atoms with Crippen molar-refractivity contribution in [1.82, 2.24) is 14.5 Å². The van der Waals surface area contributed by atoms with Gasteiger partial charge in [0.1, 0.15) is 12.4 Å². The summed E-state index contributed by atoms with van der Waals surface area (Å²) in [5.41, 5.74) is 1.96. The third kappa shape index (κ3) is 2.19. The second-order valence-electron chi connectivity index (χ2n) is 5.33. The van der Waals surface area contributed by atoms with E-state index in [0.717, 1.165) is 30.2 Å². The average Bonchev–Trinajstić information content (AvgIpc) is 3.04. The zero-order chi connectivity index (χ0) is 14.1. The van der Waals surface area contributed by atoms with Crippen molar-refractivity contribution in [1.29, 1.82) is 0 Å². The van der Waals surface area contributed by atoms with Gasteiger partial charge in [-0.15, -0.1) is 0 Å². The van der Waals surface area contributed by atoms with Gasteiger partial charge in [-0.25, -0.2) is 4.98 Å². The van der Waals surface area contributed by atoms with Gasteiger partial charge in [0.25, 0.3) is 0 Å². The Morgan fingerprint density at radius 2 is 2.20 bits per heavy atom. The number of carbonyl (C=O) groups excluding carboxylic acids is 1. The van der Waals surface area contributed by atoms with E-state index in [-0.39, 0.29) is 5.91 Å². The number of aromatic nitrogens is 3. The zero-order valence-corrected chi connectivity index (χ0v) is 11.8. The second kappa shape index (κ2) is 5.07. The summed E-state index contributed by atoms with van der Waals surface area (Å²) in [7, 11) is 0. The monoisotopic (exact) mass is 270 g/mol. The van der Waals surface area contributed by atoms with Crippen molar-refractivity contribution >= 4 is 11.6 Å². The van der Waals surface area contributed by atoms with Gasteiger partial charge in [-0.3, -0.25) is 9.78 Å². The van der Waals surface area contributed by atoms with E-state index >= 15 is 0 Å². The molecule has 0 bridgehead atoms. The lowest BCUT2D eigenvalue weighted by Gasteiger charge is -2.18. The first kappa shape index (κ1) is 12.8. The van der Waals surface area contributed by atoms with Crippen molar-refractivity contribution in [2.45, 2.75) is 32.7 Å². The van der Waals surface area contributed by atoms with Crippen LogP contribution in [-0.2, 0) is 17.8 Å². The van der Waals surface area contributed by atoms with Crippen molar-refractivity contribution in [3.05, 3.63) is 42.2 Å². The molecule has 0 N–H and O–H groups in total. The number of anilines is 1. The molecule has 20 heavy (non-hydrogen) atoms. The van der Waals surface area contributed by atoms with Crippen LogP contribution in [0.2, 0.25) is 0 Å².